The van der Waals surface area contributed by atoms with Crippen LogP contribution in [-0.4, -0.2) is 19.1 Å². The van der Waals surface area contributed by atoms with Crippen LogP contribution < -0.4 is 10.2 Å². The van der Waals surface area contributed by atoms with E-state index in [0.29, 0.717) is 6.04 Å². The molecule has 2 nitrogen and oxygen atoms in total. The van der Waals surface area contributed by atoms with E-state index in [2.05, 4.69) is 49.2 Å². The lowest BCUT2D eigenvalue weighted by molar-refractivity contribution is 0.589. The Bertz CT molecular complexity index is 403. The number of anilines is 1. The predicted molar refractivity (Wildman–Crippen MR) is 79.4 cm³/mol. The quantitative estimate of drug-likeness (QED) is 0.894. The van der Waals surface area contributed by atoms with Crippen LogP contribution in [0, 0.1) is 5.92 Å². The van der Waals surface area contributed by atoms with E-state index < -0.39 is 0 Å². The maximum atomic E-state index is 6.36. The van der Waals surface area contributed by atoms with Crippen LogP contribution in [0.25, 0.3) is 0 Å². The molecule has 1 aliphatic rings. The maximum Gasteiger partial charge on any atom is 0.0471 e. The summed E-state index contributed by atoms with van der Waals surface area (Å²) in [5.41, 5.74) is 2.44. The van der Waals surface area contributed by atoms with Crippen molar-refractivity contribution in [1.29, 1.82) is 0 Å². The highest BCUT2D eigenvalue weighted by Crippen LogP contribution is 2.28. The van der Waals surface area contributed by atoms with Crippen molar-refractivity contribution < 1.29 is 0 Å². The highest BCUT2D eigenvalue weighted by atomic mass is 35.5. The third-order valence-electron chi connectivity index (χ3n) is 3.53. The molecular weight excluding hydrogens is 244 g/mol. The van der Waals surface area contributed by atoms with E-state index in [1.807, 2.05) is 0 Å². The third-order valence-corrected chi connectivity index (χ3v) is 3.88. The molecule has 0 amide bonds. The number of rotatable bonds is 4. The van der Waals surface area contributed by atoms with Crippen LogP contribution in [0.4, 0.5) is 5.69 Å². The largest absolute Gasteiger partial charge is 0.371 e. The Labute approximate surface area is 115 Å². The van der Waals surface area contributed by atoms with Crippen LogP contribution in [0.3, 0.4) is 0 Å². The molecule has 0 radical (unpaired) electrons. The fourth-order valence-electron chi connectivity index (χ4n) is 2.36. The molecule has 2 rings (SSSR count). The van der Waals surface area contributed by atoms with Crippen molar-refractivity contribution in [3.05, 3.63) is 28.8 Å². The zero-order valence-electron chi connectivity index (χ0n) is 11.5. The number of nitrogens with zero attached hydrogens (tertiary/aromatic N) is 1. The second-order valence-electron chi connectivity index (χ2n) is 5.65. The summed E-state index contributed by atoms with van der Waals surface area (Å²) < 4.78 is 0. The molecule has 0 saturated carbocycles. The van der Waals surface area contributed by atoms with E-state index >= 15 is 0 Å². The van der Waals surface area contributed by atoms with Crippen LogP contribution in [0.5, 0.6) is 0 Å². The molecule has 1 atom stereocenters. The van der Waals surface area contributed by atoms with Crippen molar-refractivity contribution >= 4 is 17.3 Å². The highest BCUT2D eigenvalue weighted by molar-refractivity contribution is 6.31. The number of halogens is 1. The zero-order valence-corrected chi connectivity index (χ0v) is 12.3. The summed E-state index contributed by atoms with van der Waals surface area (Å²) in [6, 6.07) is 6.94. The SMILES string of the molecule is CC1CCN(c2ccc(CNC(C)C)c(Cl)c2)C1. The van der Waals surface area contributed by atoms with Gasteiger partial charge in [0.05, 0.1) is 0 Å². The van der Waals surface area contributed by atoms with Gasteiger partial charge < -0.3 is 10.2 Å². The first kappa shape index (κ1) is 13.7. The van der Waals surface area contributed by atoms with Crippen LogP contribution in [-0.2, 0) is 6.54 Å². The van der Waals surface area contributed by atoms with Crippen molar-refractivity contribution in [3.8, 4) is 0 Å². The second-order valence-corrected chi connectivity index (χ2v) is 6.06. The summed E-state index contributed by atoms with van der Waals surface area (Å²) in [4.78, 5) is 2.43. The molecule has 0 aliphatic carbocycles. The van der Waals surface area contributed by atoms with Crippen LogP contribution in [0.2, 0.25) is 5.02 Å². The van der Waals surface area contributed by atoms with Crippen LogP contribution in [0.1, 0.15) is 32.8 Å². The molecule has 18 heavy (non-hydrogen) atoms. The van der Waals surface area contributed by atoms with Gasteiger partial charge in [0.1, 0.15) is 0 Å². The molecule has 100 valence electrons. The average Bonchev–Trinajstić information content (AvgIpc) is 2.74. The summed E-state index contributed by atoms with van der Waals surface area (Å²) in [5.74, 6) is 0.797. The van der Waals surface area contributed by atoms with Gasteiger partial charge in [0.2, 0.25) is 0 Å². The van der Waals surface area contributed by atoms with Crippen molar-refractivity contribution in [2.45, 2.75) is 39.8 Å². The van der Waals surface area contributed by atoms with Gasteiger partial charge in [-0.2, -0.15) is 0 Å². The summed E-state index contributed by atoms with van der Waals surface area (Å²) in [6.45, 7) is 9.75. The summed E-state index contributed by atoms with van der Waals surface area (Å²) in [7, 11) is 0. The Balaban J connectivity index is 2.05. The van der Waals surface area contributed by atoms with Crippen molar-refractivity contribution in [2.75, 3.05) is 18.0 Å². The van der Waals surface area contributed by atoms with E-state index in [0.717, 1.165) is 30.6 Å². The van der Waals surface area contributed by atoms with E-state index in [9.17, 15) is 0 Å². The van der Waals surface area contributed by atoms with Crippen LogP contribution >= 0.6 is 11.6 Å². The minimum Gasteiger partial charge on any atom is -0.371 e. The molecule has 0 bridgehead atoms. The van der Waals surface area contributed by atoms with E-state index in [1.54, 1.807) is 0 Å². The van der Waals surface area contributed by atoms with E-state index in [4.69, 9.17) is 11.6 Å². The molecule has 0 spiro atoms. The van der Waals surface area contributed by atoms with Gasteiger partial charge in [-0.1, -0.05) is 38.4 Å². The normalized spacial score (nSPS) is 19.8. The lowest BCUT2D eigenvalue weighted by Gasteiger charge is -2.19. The topological polar surface area (TPSA) is 15.3 Å². The summed E-state index contributed by atoms with van der Waals surface area (Å²) in [6.07, 6.45) is 1.29. The first-order chi connectivity index (χ1) is 8.56. The monoisotopic (exact) mass is 266 g/mol. The lowest BCUT2D eigenvalue weighted by Crippen LogP contribution is -2.22. The lowest BCUT2D eigenvalue weighted by atomic mass is 10.1. The molecule has 1 saturated heterocycles. The van der Waals surface area contributed by atoms with Crippen molar-refractivity contribution in [1.82, 2.24) is 5.32 Å². The molecule has 1 N–H and O–H groups in total. The molecule has 1 aliphatic heterocycles. The first-order valence-electron chi connectivity index (χ1n) is 6.83. The van der Waals surface area contributed by atoms with Gasteiger partial charge in [-0.3, -0.25) is 0 Å². The maximum absolute atomic E-state index is 6.36. The molecular formula is C15H23ClN2. The molecule has 1 heterocycles. The molecule has 1 aromatic carbocycles. The van der Waals surface area contributed by atoms with Gasteiger partial charge in [0.25, 0.3) is 0 Å². The Kier molecular flexibility index (Phi) is 4.52. The molecule has 3 heteroatoms. The van der Waals surface area contributed by atoms with E-state index in [1.165, 1.54) is 17.7 Å². The van der Waals surface area contributed by atoms with Crippen LogP contribution in [0.15, 0.2) is 18.2 Å². The smallest absolute Gasteiger partial charge is 0.0471 e. The number of hydrogen-bond donors (Lipinski definition) is 1. The van der Waals surface area contributed by atoms with Crippen molar-refractivity contribution in [2.24, 2.45) is 5.92 Å². The summed E-state index contributed by atoms with van der Waals surface area (Å²) in [5, 5.41) is 4.28. The highest BCUT2D eigenvalue weighted by Gasteiger charge is 2.19. The first-order valence-corrected chi connectivity index (χ1v) is 7.21. The minimum absolute atomic E-state index is 0.486. The van der Waals surface area contributed by atoms with Gasteiger partial charge in [-0.25, -0.2) is 0 Å². The molecule has 1 unspecified atom stereocenters. The number of hydrogen-bond acceptors (Lipinski definition) is 2. The summed E-state index contributed by atoms with van der Waals surface area (Å²) >= 11 is 6.36. The average molecular weight is 267 g/mol. The van der Waals surface area contributed by atoms with Crippen molar-refractivity contribution in [3.63, 3.8) is 0 Å². The minimum atomic E-state index is 0.486. The molecule has 0 aromatic heterocycles. The fourth-order valence-corrected chi connectivity index (χ4v) is 2.60. The Morgan fingerprint density at radius 1 is 1.44 bits per heavy atom. The Hall–Kier alpha value is -0.730. The Morgan fingerprint density at radius 2 is 2.22 bits per heavy atom. The fraction of sp³-hybridized carbons (Fsp3) is 0.600. The number of nitrogens with one attached hydrogen (secondary N) is 1. The van der Waals surface area contributed by atoms with Gasteiger partial charge >= 0.3 is 0 Å². The number of benzene rings is 1. The standard InChI is InChI=1S/C15H23ClN2/c1-11(2)17-9-13-4-5-14(8-15(13)16)18-7-6-12(3)10-18/h4-5,8,11-12,17H,6-7,9-10H2,1-3H3. The molecule has 1 aromatic rings. The molecule has 1 fully saturated rings. The second kappa shape index (κ2) is 5.94. The third kappa shape index (κ3) is 3.39. The zero-order chi connectivity index (χ0) is 13.1. The van der Waals surface area contributed by atoms with E-state index in [-0.39, 0.29) is 0 Å². The predicted octanol–water partition coefficient (Wildman–Crippen LogP) is 3.68. The Morgan fingerprint density at radius 3 is 2.78 bits per heavy atom. The van der Waals surface area contributed by atoms with Gasteiger partial charge in [0.15, 0.2) is 0 Å². The van der Waals surface area contributed by atoms with Gasteiger partial charge in [-0.05, 0) is 30.0 Å². The van der Waals surface area contributed by atoms with Gasteiger partial charge in [0, 0.05) is 36.4 Å². The van der Waals surface area contributed by atoms with Gasteiger partial charge in [-0.15, -0.1) is 0 Å².